The minimum Gasteiger partial charge on any atom is -0.495 e. The van der Waals surface area contributed by atoms with Gasteiger partial charge in [-0.25, -0.2) is 9.37 Å². The first-order valence-electron chi connectivity index (χ1n) is 10.7. The van der Waals surface area contributed by atoms with Crippen molar-refractivity contribution in [3.05, 3.63) is 77.6 Å². The van der Waals surface area contributed by atoms with Crippen LogP contribution in [0.5, 0.6) is 5.75 Å². The third kappa shape index (κ3) is 3.53. The summed E-state index contributed by atoms with van der Waals surface area (Å²) in [4.78, 5) is 6.52. The monoisotopic (exact) mass is 432 g/mol. The summed E-state index contributed by atoms with van der Waals surface area (Å²) < 4.78 is 26.8. The van der Waals surface area contributed by atoms with Gasteiger partial charge in [0.1, 0.15) is 17.3 Å². The fourth-order valence-electron chi connectivity index (χ4n) is 4.39. The van der Waals surface area contributed by atoms with E-state index in [0.29, 0.717) is 0 Å². The van der Waals surface area contributed by atoms with Crippen molar-refractivity contribution in [2.75, 3.05) is 18.6 Å². The Morgan fingerprint density at radius 3 is 2.69 bits per heavy atom. The molecule has 1 aliphatic heterocycles. The van der Waals surface area contributed by atoms with Gasteiger partial charge in [0.15, 0.2) is 0 Å². The van der Waals surface area contributed by atoms with E-state index in [-0.39, 0.29) is 11.9 Å². The largest absolute Gasteiger partial charge is 0.495 e. The zero-order valence-corrected chi connectivity index (χ0v) is 18.4. The number of imidazole rings is 1. The van der Waals surface area contributed by atoms with E-state index < -0.39 is 0 Å². The zero-order chi connectivity index (χ0) is 22.2. The van der Waals surface area contributed by atoms with E-state index in [1.807, 2.05) is 48.0 Å². The molecule has 7 heteroatoms. The van der Waals surface area contributed by atoms with Crippen LogP contribution in [0.1, 0.15) is 36.2 Å². The molecule has 0 spiro atoms. The summed E-state index contributed by atoms with van der Waals surface area (Å²) in [5, 5.41) is 4.44. The Morgan fingerprint density at radius 2 is 1.97 bits per heavy atom. The van der Waals surface area contributed by atoms with E-state index in [1.54, 1.807) is 13.4 Å². The number of halogens is 1. The molecule has 1 aliphatic rings. The van der Waals surface area contributed by atoms with Crippen molar-refractivity contribution in [2.24, 2.45) is 0 Å². The van der Waals surface area contributed by atoms with Crippen LogP contribution in [0.25, 0.3) is 16.9 Å². The average molecular weight is 432 g/mol. The highest BCUT2D eigenvalue weighted by Crippen LogP contribution is 2.40. The number of fused-ring (bicyclic) bond motifs is 1. The van der Waals surface area contributed by atoms with Gasteiger partial charge in [-0.2, -0.15) is 0 Å². The summed E-state index contributed by atoms with van der Waals surface area (Å²) in [5.41, 5.74) is 5.78. The van der Waals surface area contributed by atoms with Crippen LogP contribution in [0.3, 0.4) is 0 Å². The predicted molar refractivity (Wildman–Crippen MR) is 121 cm³/mol. The number of hydrogen-bond acceptors (Lipinski definition) is 5. The number of methoxy groups -OCH3 is 1. The summed E-state index contributed by atoms with van der Waals surface area (Å²) in [5.74, 6) is 1.30. The van der Waals surface area contributed by atoms with E-state index in [4.69, 9.17) is 9.26 Å². The summed E-state index contributed by atoms with van der Waals surface area (Å²) in [6, 6.07) is 12.7. The minimum atomic E-state index is -0.231. The summed E-state index contributed by atoms with van der Waals surface area (Å²) in [6.45, 7) is 4.93. The lowest BCUT2D eigenvalue weighted by Gasteiger charge is -2.32. The molecule has 6 nitrogen and oxygen atoms in total. The molecule has 0 amide bonds. The molecule has 0 saturated carbocycles. The SMILES string of the molecule is COc1cc(-c2noc3c2CCCN3[C@@H](C)c2ccc(F)cc2)ccc1-n1cnc(C)c1. The number of aromatic nitrogens is 3. The predicted octanol–water partition coefficient (Wildman–Crippen LogP) is 5.50. The van der Waals surface area contributed by atoms with Crippen LogP contribution < -0.4 is 9.64 Å². The maximum Gasteiger partial charge on any atom is 0.231 e. The average Bonchev–Trinajstić information content (AvgIpc) is 3.45. The van der Waals surface area contributed by atoms with Gasteiger partial charge in [-0.15, -0.1) is 0 Å². The minimum absolute atomic E-state index is 0.0526. The molecule has 5 rings (SSSR count). The Morgan fingerprint density at radius 1 is 1.16 bits per heavy atom. The van der Waals surface area contributed by atoms with E-state index in [1.165, 1.54) is 12.1 Å². The molecule has 32 heavy (non-hydrogen) atoms. The number of aryl methyl sites for hydroxylation is 1. The molecule has 0 aliphatic carbocycles. The first kappa shape index (κ1) is 20.3. The van der Waals surface area contributed by atoms with Gasteiger partial charge in [0.05, 0.1) is 30.9 Å². The van der Waals surface area contributed by atoms with Crippen molar-refractivity contribution >= 4 is 5.88 Å². The molecular formula is C25H25FN4O2. The van der Waals surface area contributed by atoms with Crippen LogP contribution >= 0.6 is 0 Å². The first-order chi connectivity index (χ1) is 15.5. The number of nitrogens with zero attached hydrogens (tertiary/aromatic N) is 4. The molecule has 0 fully saturated rings. The van der Waals surface area contributed by atoms with Gasteiger partial charge in [0.2, 0.25) is 5.88 Å². The molecule has 0 radical (unpaired) electrons. The van der Waals surface area contributed by atoms with E-state index in [2.05, 4.69) is 22.0 Å². The standard InChI is InChI=1S/C25H25FN4O2/c1-16-14-29(15-27-16)22-11-8-19(13-23(22)31-3)24-21-5-4-12-30(25(21)32-28-24)17(2)18-6-9-20(26)10-7-18/h6-11,13-15,17H,4-5,12H2,1-3H3/t17-/m0/s1. The summed E-state index contributed by atoms with van der Waals surface area (Å²) in [7, 11) is 1.66. The van der Waals surface area contributed by atoms with Gasteiger partial charge in [-0.1, -0.05) is 23.4 Å². The number of anilines is 1. The lowest BCUT2D eigenvalue weighted by Crippen LogP contribution is -2.31. The molecule has 4 aromatic rings. The molecule has 2 aromatic heterocycles. The summed E-state index contributed by atoms with van der Waals surface area (Å²) in [6.07, 6.45) is 5.63. The van der Waals surface area contributed by atoms with Gasteiger partial charge in [0, 0.05) is 23.9 Å². The Hall–Kier alpha value is -3.61. The van der Waals surface area contributed by atoms with Crippen molar-refractivity contribution in [1.82, 2.24) is 14.7 Å². The van der Waals surface area contributed by atoms with Crippen molar-refractivity contribution in [3.8, 4) is 22.7 Å². The lowest BCUT2D eigenvalue weighted by atomic mass is 9.98. The second kappa shape index (κ2) is 8.15. The number of rotatable bonds is 5. The maximum atomic E-state index is 13.4. The molecular weight excluding hydrogens is 407 g/mol. The van der Waals surface area contributed by atoms with Crippen LogP contribution in [-0.2, 0) is 6.42 Å². The Kier molecular flexibility index (Phi) is 5.17. The Balaban J connectivity index is 1.49. The van der Waals surface area contributed by atoms with E-state index >= 15 is 0 Å². The van der Waals surface area contributed by atoms with Gasteiger partial charge >= 0.3 is 0 Å². The fraction of sp³-hybridized carbons (Fsp3) is 0.280. The smallest absolute Gasteiger partial charge is 0.231 e. The molecule has 0 N–H and O–H groups in total. The van der Waals surface area contributed by atoms with Crippen LogP contribution in [-0.4, -0.2) is 28.4 Å². The van der Waals surface area contributed by atoms with Crippen molar-refractivity contribution in [1.29, 1.82) is 0 Å². The highest BCUT2D eigenvalue weighted by molar-refractivity contribution is 5.72. The maximum absolute atomic E-state index is 13.4. The van der Waals surface area contributed by atoms with Crippen molar-refractivity contribution < 1.29 is 13.7 Å². The molecule has 1 atom stereocenters. The van der Waals surface area contributed by atoms with Crippen LogP contribution in [0.15, 0.2) is 59.5 Å². The highest BCUT2D eigenvalue weighted by atomic mass is 19.1. The first-order valence-corrected chi connectivity index (χ1v) is 10.7. The van der Waals surface area contributed by atoms with Gasteiger partial charge in [-0.3, -0.25) is 0 Å². The number of ether oxygens (including phenoxy) is 1. The van der Waals surface area contributed by atoms with Crippen LogP contribution in [0, 0.1) is 12.7 Å². The topological polar surface area (TPSA) is 56.3 Å². The van der Waals surface area contributed by atoms with E-state index in [0.717, 1.165) is 64.8 Å². The van der Waals surface area contributed by atoms with Crippen molar-refractivity contribution in [2.45, 2.75) is 32.7 Å². The molecule has 3 heterocycles. The lowest BCUT2D eigenvalue weighted by molar-refractivity contribution is 0.401. The second-order valence-corrected chi connectivity index (χ2v) is 8.15. The zero-order valence-electron chi connectivity index (χ0n) is 18.4. The van der Waals surface area contributed by atoms with Crippen LogP contribution in [0.4, 0.5) is 10.3 Å². The van der Waals surface area contributed by atoms with Crippen molar-refractivity contribution in [3.63, 3.8) is 0 Å². The normalized spacial score (nSPS) is 14.3. The fourth-order valence-corrected chi connectivity index (χ4v) is 4.39. The second-order valence-electron chi connectivity index (χ2n) is 8.15. The van der Waals surface area contributed by atoms with E-state index in [9.17, 15) is 4.39 Å². The highest BCUT2D eigenvalue weighted by Gasteiger charge is 2.30. The van der Waals surface area contributed by atoms with Gasteiger partial charge in [0.25, 0.3) is 0 Å². The number of benzene rings is 2. The Bertz CT molecular complexity index is 1250. The molecule has 2 aromatic carbocycles. The third-order valence-corrected chi connectivity index (χ3v) is 6.12. The molecule has 0 unspecified atom stereocenters. The van der Waals surface area contributed by atoms with Crippen LogP contribution in [0.2, 0.25) is 0 Å². The quantitative estimate of drug-likeness (QED) is 0.417. The van der Waals surface area contributed by atoms with Gasteiger partial charge in [-0.05, 0) is 56.5 Å². The molecule has 0 saturated heterocycles. The molecule has 164 valence electrons. The third-order valence-electron chi connectivity index (χ3n) is 6.12. The summed E-state index contributed by atoms with van der Waals surface area (Å²) >= 11 is 0. The van der Waals surface area contributed by atoms with Gasteiger partial charge < -0.3 is 18.7 Å². The Labute approximate surface area is 186 Å². The molecule has 0 bridgehead atoms. The number of hydrogen-bond donors (Lipinski definition) is 0.